The molecule has 3 fully saturated rings. The summed E-state index contributed by atoms with van der Waals surface area (Å²) in [6, 6.07) is 10.3. The zero-order valence-corrected chi connectivity index (χ0v) is 22.0. The van der Waals surface area contributed by atoms with E-state index in [-0.39, 0.29) is 29.8 Å². The van der Waals surface area contributed by atoms with Crippen molar-refractivity contribution in [3.63, 3.8) is 0 Å². The van der Waals surface area contributed by atoms with Gasteiger partial charge in [0.1, 0.15) is 5.82 Å². The number of hydrogen-bond donors (Lipinski definition) is 1. The Bertz CT molecular complexity index is 1460. The summed E-state index contributed by atoms with van der Waals surface area (Å²) in [4.78, 5) is 31.8. The molecule has 3 aromatic rings. The van der Waals surface area contributed by atoms with Crippen LogP contribution in [0.3, 0.4) is 0 Å². The number of aromatic nitrogens is 3. The van der Waals surface area contributed by atoms with Gasteiger partial charge >= 0.3 is 0 Å². The van der Waals surface area contributed by atoms with E-state index < -0.39 is 0 Å². The van der Waals surface area contributed by atoms with Gasteiger partial charge in [-0.25, -0.2) is 4.98 Å². The predicted molar refractivity (Wildman–Crippen MR) is 143 cm³/mol. The molecule has 0 radical (unpaired) electrons. The van der Waals surface area contributed by atoms with Gasteiger partial charge in [-0.15, -0.1) is 0 Å². The lowest BCUT2D eigenvalue weighted by Gasteiger charge is -2.36. The second-order valence-electron chi connectivity index (χ2n) is 11.1. The highest BCUT2D eigenvalue weighted by Gasteiger charge is 2.52. The highest BCUT2D eigenvalue weighted by Crippen LogP contribution is 2.47. The summed E-state index contributed by atoms with van der Waals surface area (Å²) in [5, 5.41) is 17.1. The number of aryl methyl sites for hydroxylation is 2. The van der Waals surface area contributed by atoms with Gasteiger partial charge in [-0.3, -0.25) is 19.2 Å². The van der Waals surface area contributed by atoms with Crippen molar-refractivity contribution in [1.82, 2.24) is 20.1 Å². The number of hydrogen-bond acceptors (Lipinski definition) is 5. The molecule has 1 unspecified atom stereocenters. The molecule has 2 amide bonds. The summed E-state index contributed by atoms with van der Waals surface area (Å²) >= 11 is 0. The number of rotatable bonds is 7. The Morgan fingerprint density at radius 2 is 2.05 bits per heavy atom. The fraction of sp³-hybridized carbons (Fsp3) is 0.433. The molecule has 2 saturated carbocycles. The highest BCUT2D eigenvalue weighted by atomic mass is 16.2. The van der Waals surface area contributed by atoms with Gasteiger partial charge in [0, 0.05) is 30.9 Å². The number of nitriles is 1. The van der Waals surface area contributed by atoms with E-state index in [0.29, 0.717) is 17.4 Å². The maximum atomic E-state index is 12.9. The average molecular weight is 509 g/mol. The van der Waals surface area contributed by atoms with Crippen molar-refractivity contribution in [3.05, 3.63) is 76.2 Å². The van der Waals surface area contributed by atoms with E-state index >= 15 is 0 Å². The van der Waals surface area contributed by atoms with Crippen LogP contribution in [0.5, 0.6) is 0 Å². The van der Waals surface area contributed by atoms with E-state index in [2.05, 4.69) is 34.5 Å². The third kappa shape index (κ3) is 4.26. The summed E-state index contributed by atoms with van der Waals surface area (Å²) in [5.74, 6) is 1.79. The molecule has 38 heavy (non-hydrogen) atoms. The van der Waals surface area contributed by atoms with Crippen molar-refractivity contribution >= 4 is 17.6 Å². The minimum Gasteiger partial charge on any atom is -0.349 e. The van der Waals surface area contributed by atoms with E-state index in [1.807, 2.05) is 43.1 Å². The number of carbonyl (C=O) groups excluding carboxylic acids is 2. The second kappa shape index (κ2) is 9.39. The van der Waals surface area contributed by atoms with E-state index in [1.54, 1.807) is 17.1 Å². The van der Waals surface area contributed by atoms with Crippen molar-refractivity contribution in [3.8, 4) is 6.07 Å². The summed E-state index contributed by atoms with van der Waals surface area (Å²) < 4.78 is 1.79. The molecular formula is C30H32N6O2. The number of fused-ring (bicyclic) bond motifs is 1. The van der Waals surface area contributed by atoms with Crippen LogP contribution in [0.25, 0.3) is 0 Å². The van der Waals surface area contributed by atoms with Crippen LogP contribution in [0.15, 0.2) is 42.9 Å². The predicted octanol–water partition coefficient (Wildman–Crippen LogP) is 4.29. The fourth-order valence-electron chi connectivity index (χ4n) is 5.96. The molecule has 0 bridgehead atoms. The largest absolute Gasteiger partial charge is 0.349 e. The average Bonchev–Trinajstić information content (AvgIpc) is 3.36. The van der Waals surface area contributed by atoms with Crippen molar-refractivity contribution < 1.29 is 9.59 Å². The van der Waals surface area contributed by atoms with Gasteiger partial charge in [0.25, 0.3) is 5.91 Å². The lowest BCUT2D eigenvalue weighted by atomic mass is 9.74. The molecule has 8 heteroatoms. The summed E-state index contributed by atoms with van der Waals surface area (Å²) in [7, 11) is 0. The van der Waals surface area contributed by atoms with E-state index in [0.717, 1.165) is 60.3 Å². The van der Waals surface area contributed by atoms with Gasteiger partial charge in [0.2, 0.25) is 5.91 Å². The molecule has 8 nitrogen and oxygen atoms in total. The molecule has 1 N–H and O–H groups in total. The third-order valence-electron chi connectivity index (χ3n) is 8.60. The van der Waals surface area contributed by atoms with Crippen LogP contribution in [0.4, 0.5) is 5.82 Å². The SMILES string of the molecule is CCc1ccc(C#N)c([C@H]2C[C@@H](NC(=O)c3cnn(C(C)c4cnc(N5C[C@H]6C[C@H]6C5=O)cc4C)c3)C2)c1. The van der Waals surface area contributed by atoms with Crippen LogP contribution in [0, 0.1) is 30.1 Å². The van der Waals surface area contributed by atoms with E-state index in [4.69, 9.17) is 0 Å². The van der Waals surface area contributed by atoms with Gasteiger partial charge in [-0.05, 0) is 85.8 Å². The molecule has 1 aliphatic heterocycles. The van der Waals surface area contributed by atoms with E-state index in [1.165, 1.54) is 5.56 Å². The Morgan fingerprint density at radius 1 is 1.24 bits per heavy atom. The van der Waals surface area contributed by atoms with Gasteiger partial charge in [0.15, 0.2) is 0 Å². The molecule has 1 aromatic carbocycles. The molecule has 1 saturated heterocycles. The lowest BCUT2D eigenvalue weighted by Crippen LogP contribution is -2.43. The van der Waals surface area contributed by atoms with Crippen molar-refractivity contribution in [2.75, 3.05) is 11.4 Å². The maximum absolute atomic E-state index is 12.9. The maximum Gasteiger partial charge on any atom is 0.254 e. The van der Waals surface area contributed by atoms with Crippen molar-refractivity contribution in [2.45, 2.75) is 64.5 Å². The monoisotopic (exact) mass is 508 g/mol. The Kier molecular flexibility index (Phi) is 6.02. The second-order valence-corrected chi connectivity index (χ2v) is 11.1. The summed E-state index contributed by atoms with van der Waals surface area (Å²) in [6.07, 6.45) is 8.83. The fourth-order valence-corrected chi connectivity index (χ4v) is 5.96. The van der Waals surface area contributed by atoms with Crippen LogP contribution < -0.4 is 10.2 Å². The molecule has 194 valence electrons. The summed E-state index contributed by atoms with van der Waals surface area (Å²) in [6.45, 7) is 6.94. The molecule has 2 aromatic heterocycles. The first-order valence-electron chi connectivity index (χ1n) is 13.5. The molecule has 2 aliphatic carbocycles. The standard InChI is InChI=1S/C30H32N6O2/c1-4-19-5-6-20(12-31)25(8-19)21-9-24(10-21)34-29(37)23-13-33-36(16-23)18(3)27-14-32-28(7-17(27)2)35-15-22-11-26(22)30(35)38/h5-8,13-14,16,18,21-22,24,26H,4,9-11,15H2,1-3H3,(H,34,37)/t18?,21-,22-,24+,26-/m1/s1. The number of anilines is 1. The van der Waals surface area contributed by atoms with Crippen LogP contribution >= 0.6 is 0 Å². The zero-order chi connectivity index (χ0) is 26.6. The highest BCUT2D eigenvalue weighted by molar-refractivity contribution is 5.99. The van der Waals surface area contributed by atoms with Gasteiger partial charge in [0.05, 0.1) is 29.4 Å². The topological polar surface area (TPSA) is 104 Å². The number of piperidine rings is 1. The molecule has 6 rings (SSSR count). The van der Waals surface area contributed by atoms with Crippen LogP contribution in [-0.2, 0) is 11.2 Å². The first-order valence-corrected chi connectivity index (χ1v) is 13.5. The first kappa shape index (κ1) is 24.4. The minimum atomic E-state index is -0.133. The van der Waals surface area contributed by atoms with Crippen LogP contribution in [0.1, 0.15) is 83.2 Å². The lowest BCUT2D eigenvalue weighted by molar-refractivity contribution is -0.118. The molecule has 3 heterocycles. The minimum absolute atomic E-state index is 0.0865. The van der Waals surface area contributed by atoms with Crippen LogP contribution in [-0.4, -0.2) is 39.2 Å². The Labute approximate surface area is 222 Å². The number of nitrogens with one attached hydrogen (secondary N) is 1. The molecular weight excluding hydrogens is 476 g/mol. The smallest absolute Gasteiger partial charge is 0.254 e. The van der Waals surface area contributed by atoms with Gasteiger partial charge < -0.3 is 5.32 Å². The zero-order valence-electron chi connectivity index (χ0n) is 22.0. The Morgan fingerprint density at radius 3 is 2.74 bits per heavy atom. The number of carbonyl (C=O) groups is 2. The molecule has 3 aliphatic rings. The van der Waals surface area contributed by atoms with Gasteiger partial charge in [-0.1, -0.05) is 19.1 Å². The Hall–Kier alpha value is -3.99. The van der Waals surface area contributed by atoms with E-state index in [9.17, 15) is 14.9 Å². The van der Waals surface area contributed by atoms with Crippen LogP contribution in [0.2, 0.25) is 0 Å². The number of nitrogens with zero attached hydrogens (tertiary/aromatic N) is 5. The number of pyridine rings is 1. The first-order chi connectivity index (χ1) is 18.4. The van der Waals surface area contributed by atoms with Crippen molar-refractivity contribution in [1.29, 1.82) is 5.26 Å². The van der Waals surface area contributed by atoms with Crippen molar-refractivity contribution in [2.24, 2.45) is 11.8 Å². The molecule has 3 atom stereocenters. The number of amides is 2. The Balaban J connectivity index is 1.08. The number of benzene rings is 1. The summed E-state index contributed by atoms with van der Waals surface area (Å²) in [5.41, 5.74) is 5.63. The third-order valence-corrected chi connectivity index (χ3v) is 8.60. The van der Waals surface area contributed by atoms with Gasteiger partial charge in [-0.2, -0.15) is 10.4 Å². The molecule has 0 spiro atoms. The quantitative estimate of drug-likeness (QED) is 0.513. The normalized spacial score (nSPS) is 24.4.